The molecule has 3 aromatic carbocycles. The van der Waals surface area contributed by atoms with Crippen molar-refractivity contribution in [3.05, 3.63) is 77.9 Å². The minimum atomic E-state index is -0.547. The lowest BCUT2D eigenvalue weighted by Gasteiger charge is -2.28. The molecule has 10 heteroatoms. The molecule has 2 aliphatic heterocycles. The average Bonchev–Trinajstić information content (AvgIpc) is 3.49. The molecule has 10 nitrogen and oxygen atoms in total. The molecule has 2 N–H and O–H groups in total. The molecule has 6 amide bonds. The summed E-state index contributed by atoms with van der Waals surface area (Å²) < 4.78 is 0. The number of hydrazine groups is 1. The van der Waals surface area contributed by atoms with Gasteiger partial charge < -0.3 is 10.6 Å². The van der Waals surface area contributed by atoms with Crippen LogP contribution >= 0.6 is 0 Å². The molecule has 5 rings (SSSR count). The summed E-state index contributed by atoms with van der Waals surface area (Å²) in [6.45, 7) is 0.374. The molecular weight excluding hydrogens is 474 g/mol. The second-order valence-electron chi connectivity index (χ2n) is 8.79. The van der Waals surface area contributed by atoms with E-state index in [1.165, 1.54) is 10.0 Å². The van der Waals surface area contributed by atoms with Crippen LogP contribution in [-0.4, -0.2) is 70.8 Å². The number of imide groups is 1. The number of fused-ring (bicyclic) bond motifs is 2. The number of hydrogen-bond donors (Lipinski definition) is 2. The topological polar surface area (TPSA) is 119 Å². The summed E-state index contributed by atoms with van der Waals surface area (Å²) in [6.07, 6.45) is 0.604. The summed E-state index contributed by atoms with van der Waals surface area (Å²) in [5, 5.41) is 10.1. The third-order valence-corrected chi connectivity index (χ3v) is 6.43. The number of carbonyl (C=O) groups is 5. The van der Waals surface area contributed by atoms with Crippen LogP contribution < -0.4 is 10.6 Å². The van der Waals surface area contributed by atoms with E-state index < -0.39 is 30.3 Å². The maximum atomic E-state index is 13.0. The van der Waals surface area contributed by atoms with Crippen molar-refractivity contribution in [1.82, 2.24) is 20.2 Å². The van der Waals surface area contributed by atoms with E-state index in [4.69, 9.17) is 0 Å². The van der Waals surface area contributed by atoms with E-state index >= 15 is 0 Å². The van der Waals surface area contributed by atoms with Gasteiger partial charge in [-0.25, -0.2) is 14.8 Å². The van der Waals surface area contributed by atoms with Crippen molar-refractivity contribution >= 4 is 46.1 Å². The third-order valence-electron chi connectivity index (χ3n) is 6.43. The van der Waals surface area contributed by atoms with Crippen molar-refractivity contribution < 1.29 is 24.0 Å². The first kappa shape index (κ1) is 24.0. The Hall–Kier alpha value is -4.73. The Labute approximate surface area is 212 Å². The van der Waals surface area contributed by atoms with Gasteiger partial charge in [-0.05, 0) is 30.0 Å². The van der Waals surface area contributed by atoms with E-state index in [0.717, 1.165) is 15.7 Å². The van der Waals surface area contributed by atoms with Crippen LogP contribution in [0, 0.1) is 0 Å². The summed E-state index contributed by atoms with van der Waals surface area (Å²) in [5.74, 6) is -1.89. The van der Waals surface area contributed by atoms with Gasteiger partial charge in [-0.2, -0.15) is 0 Å². The average molecular weight is 500 g/mol. The van der Waals surface area contributed by atoms with Gasteiger partial charge in [0, 0.05) is 31.4 Å². The van der Waals surface area contributed by atoms with Gasteiger partial charge in [-0.3, -0.25) is 24.1 Å². The van der Waals surface area contributed by atoms with Crippen LogP contribution in [0.2, 0.25) is 0 Å². The first-order chi connectivity index (χ1) is 17.9. The SMILES string of the molecule is O=C(CN1C(=O)c2ccccc2C1=O)NCCC(=O)N1CCCN1C(=O)Nc1cccc2ccccc12. The molecule has 37 heavy (non-hydrogen) atoms. The Morgan fingerprint density at radius 2 is 1.43 bits per heavy atom. The zero-order chi connectivity index (χ0) is 25.9. The van der Waals surface area contributed by atoms with Gasteiger partial charge in [-0.1, -0.05) is 48.5 Å². The predicted molar refractivity (Wildman–Crippen MR) is 135 cm³/mol. The summed E-state index contributed by atoms with van der Waals surface area (Å²) in [4.78, 5) is 63.9. The van der Waals surface area contributed by atoms with Crippen LogP contribution in [0.4, 0.5) is 10.5 Å². The second-order valence-corrected chi connectivity index (χ2v) is 8.79. The van der Waals surface area contributed by atoms with Crippen molar-refractivity contribution in [3.63, 3.8) is 0 Å². The Morgan fingerprint density at radius 3 is 2.19 bits per heavy atom. The van der Waals surface area contributed by atoms with E-state index in [9.17, 15) is 24.0 Å². The Bertz CT molecular complexity index is 1380. The van der Waals surface area contributed by atoms with E-state index in [0.29, 0.717) is 25.2 Å². The molecule has 2 aliphatic rings. The molecule has 3 aromatic rings. The summed E-state index contributed by atoms with van der Waals surface area (Å²) in [6, 6.07) is 19.3. The highest BCUT2D eigenvalue weighted by Gasteiger charge is 2.36. The lowest BCUT2D eigenvalue weighted by Crippen LogP contribution is -2.47. The second kappa shape index (κ2) is 10.1. The molecule has 0 aromatic heterocycles. The number of nitrogens with one attached hydrogen (secondary N) is 2. The normalized spacial score (nSPS) is 14.8. The summed E-state index contributed by atoms with van der Waals surface area (Å²) in [7, 11) is 0. The van der Waals surface area contributed by atoms with Crippen LogP contribution in [0.15, 0.2) is 66.7 Å². The molecule has 0 bridgehead atoms. The van der Waals surface area contributed by atoms with Crippen LogP contribution in [-0.2, 0) is 9.59 Å². The minimum absolute atomic E-state index is 0.0100. The lowest BCUT2D eigenvalue weighted by molar-refractivity contribution is -0.139. The first-order valence-electron chi connectivity index (χ1n) is 12.0. The number of nitrogens with zero attached hydrogens (tertiary/aromatic N) is 3. The molecule has 0 aliphatic carbocycles. The number of amides is 6. The molecule has 2 heterocycles. The van der Waals surface area contributed by atoms with Crippen molar-refractivity contribution in [2.24, 2.45) is 0 Å². The monoisotopic (exact) mass is 499 g/mol. The molecular formula is C27H25N5O5. The molecule has 0 saturated carbocycles. The van der Waals surface area contributed by atoms with Gasteiger partial charge in [0.05, 0.1) is 16.8 Å². The van der Waals surface area contributed by atoms with Gasteiger partial charge in [0.2, 0.25) is 11.8 Å². The van der Waals surface area contributed by atoms with Gasteiger partial charge in [0.25, 0.3) is 11.8 Å². The maximum absolute atomic E-state index is 13.0. The van der Waals surface area contributed by atoms with Gasteiger partial charge in [0.1, 0.15) is 6.54 Å². The minimum Gasteiger partial charge on any atom is -0.354 e. The highest BCUT2D eigenvalue weighted by Crippen LogP contribution is 2.24. The zero-order valence-corrected chi connectivity index (χ0v) is 20.0. The van der Waals surface area contributed by atoms with E-state index in [1.54, 1.807) is 24.3 Å². The summed E-state index contributed by atoms with van der Waals surface area (Å²) >= 11 is 0. The number of urea groups is 1. The third kappa shape index (κ3) is 4.73. The van der Waals surface area contributed by atoms with Crippen LogP contribution in [0.3, 0.4) is 0 Å². The molecule has 1 fully saturated rings. The smallest absolute Gasteiger partial charge is 0.340 e. The fraction of sp³-hybridized carbons (Fsp3) is 0.222. The molecule has 0 radical (unpaired) electrons. The number of carbonyl (C=O) groups excluding carboxylic acids is 5. The fourth-order valence-electron chi connectivity index (χ4n) is 4.62. The van der Waals surface area contributed by atoms with Gasteiger partial charge in [0.15, 0.2) is 0 Å². The zero-order valence-electron chi connectivity index (χ0n) is 20.0. The standard InChI is InChI=1S/C27H25N5O5/c33-23(17-30-25(35)20-10-3-4-11-21(20)26(30)36)28-14-13-24(34)31-15-6-16-32(31)27(37)29-22-12-5-8-18-7-1-2-9-19(18)22/h1-5,7-12H,6,13-17H2,(H,28,33)(H,29,37). The van der Waals surface area contributed by atoms with E-state index in [-0.39, 0.29) is 30.0 Å². The van der Waals surface area contributed by atoms with Crippen LogP contribution in [0.25, 0.3) is 10.8 Å². The predicted octanol–water partition coefficient (Wildman–Crippen LogP) is 2.62. The van der Waals surface area contributed by atoms with Crippen molar-refractivity contribution in [2.45, 2.75) is 12.8 Å². The van der Waals surface area contributed by atoms with Crippen LogP contribution in [0.1, 0.15) is 33.6 Å². The number of anilines is 1. The molecule has 1 saturated heterocycles. The molecule has 0 spiro atoms. The van der Waals surface area contributed by atoms with Crippen molar-refractivity contribution in [2.75, 3.05) is 31.5 Å². The van der Waals surface area contributed by atoms with Crippen molar-refractivity contribution in [3.8, 4) is 0 Å². The van der Waals surface area contributed by atoms with Gasteiger partial charge >= 0.3 is 6.03 Å². The Balaban J connectivity index is 1.13. The fourth-order valence-corrected chi connectivity index (χ4v) is 4.62. The van der Waals surface area contributed by atoms with Crippen molar-refractivity contribution in [1.29, 1.82) is 0 Å². The first-order valence-corrected chi connectivity index (χ1v) is 12.0. The lowest BCUT2D eigenvalue weighted by atomic mass is 10.1. The number of benzene rings is 3. The van der Waals surface area contributed by atoms with Gasteiger partial charge in [-0.15, -0.1) is 0 Å². The number of rotatable bonds is 6. The molecule has 0 atom stereocenters. The molecule has 0 unspecified atom stereocenters. The highest BCUT2D eigenvalue weighted by atomic mass is 16.2. The largest absolute Gasteiger partial charge is 0.354 e. The van der Waals surface area contributed by atoms with Crippen LogP contribution in [0.5, 0.6) is 0 Å². The molecule has 188 valence electrons. The van der Waals surface area contributed by atoms with E-state index in [1.807, 2.05) is 42.5 Å². The summed E-state index contributed by atoms with van der Waals surface area (Å²) in [5.41, 5.74) is 1.19. The quantitative estimate of drug-likeness (QED) is 0.506. The highest BCUT2D eigenvalue weighted by molar-refractivity contribution is 6.22. The van der Waals surface area contributed by atoms with E-state index in [2.05, 4.69) is 10.6 Å². The Kier molecular flexibility index (Phi) is 6.55. The maximum Gasteiger partial charge on any atom is 0.340 e. The Morgan fingerprint density at radius 1 is 0.784 bits per heavy atom. The number of hydrogen-bond acceptors (Lipinski definition) is 5.